The molecule has 4 rings (SSSR count). The van der Waals surface area contributed by atoms with Crippen LogP contribution in [0.1, 0.15) is 32.1 Å². The van der Waals surface area contributed by atoms with E-state index in [1.54, 1.807) is 0 Å². The minimum atomic E-state index is -3.62. The maximum absolute atomic E-state index is 11.5. The molecular weight excluding hydrogens is 401 g/mol. The van der Waals surface area contributed by atoms with Crippen molar-refractivity contribution in [1.82, 2.24) is 4.72 Å². The summed E-state index contributed by atoms with van der Waals surface area (Å²) in [6, 6.07) is 0. The Morgan fingerprint density at radius 2 is 1.89 bits per heavy atom. The van der Waals surface area contributed by atoms with E-state index in [9.17, 15) is 8.42 Å². The van der Waals surface area contributed by atoms with E-state index in [4.69, 9.17) is 15.8 Å². The van der Waals surface area contributed by atoms with E-state index < -0.39 is 10.3 Å². The predicted molar refractivity (Wildman–Crippen MR) is 82.8 cm³/mol. The number of halogens is 2. The lowest BCUT2D eigenvalue weighted by atomic mass is 9.51. The smallest absolute Gasteiger partial charge is 0.258 e. The quantitative estimate of drug-likeness (QED) is 0.562. The molecule has 1 N–H and O–H groups in total. The van der Waals surface area contributed by atoms with Crippen LogP contribution in [0.5, 0.6) is 0 Å². The van der Waals surface area contributed by atoms with Gasteiger partial charge in [-0.05, 0) is 43.9 Å². The van der Waals surface area contributed by atoms with E-state index in [0.29, 0.717) is 0 Å². The van der Waals surface area contributed by atoms with Crippen molar-refractivity contribution in [3.63, 3.8) is 0 Å². The summed E-state index contributed by atoms with van der Waals surface area (Å²) < 4.78 is 30.3. The molecule has 7 heteroatoms. The van der Waals surface area contributed by atoms with Gasteiger partial charge in [0.2, 0.25) is 0 Å². The minimum absolute atomic E-state index is 0.118. The molecule has 0 saturated heterocycles. The molecule has 4 aliphatic rings. The Morgan fingerprint density at radius 1 is 1.32 bits per heavy atom. The molecule has 110 valence electrons. The number of hydrogen-bond acceptors (Lipinski definition) is 3. The predicted octanol–water partition coefficient (Wildman–Crippen LogP) is 2.46. The Kier molecular flexibility index (Phi) is 3.66. The summed E-state index contributed by atoms with van der Waals surface area (Å²) in [6.45, 7) is 0.203. The molecular formula is C12H19ClINO3S. The molecule has 4 fully saturated rings. The monoisotopic (exact) mass is 419 g/mol. The van der Waals surface area contributed by atoms with Gasteiger partial charge in [0.25, 0.3) is 0 Å². The second-order valence-corrected chi connectivity index (χ2v) is 10.8. The second-order valence-electron chi connectivity index (χ2n) is 6.35. The van der Waals surface area contributed by atoms with Crippen molar-refractivity contribution in [2.45, 2.75) is 40.4 Å². The van der Waals surface area contributed by atoms with Crippen molar-refractivity contribution >= 4 is 44.5 Å². The van der Waals surface area contributed by atoms with Gasteiger partial charge in [0.1, 0.15) is 0 Å². The van der Waals surface area contributed by atoms with Crippen LogP contribution < -0.4 is 4.72 Å². The van der Waals surface area contributed by atoms with E-state index in [1.807, 2.05) is 0 Å². The average Bonchev–Trinajstić information content (AvgIpc) is 2.24. The van der Waals surface area contributed by atoms with Gasteiger partial charge in [0, 0.05) is 16.4 Å². The van der Waals surface area contributed by atoms with E-state index in [0.717, 1.165) is 37.5 Å². The van der Waals surface area contributed by atoms with Crippen molar-refractivity contribution in [3.8, 4) is 0 Å². The van der Waals surface area contributed by atoms with Gasteiger partial charge < -0.3 is 0 Å². The maximum Gasteiger partial charge on any atom is 0.335 e. The zero-order valence-corrected chi connectivity index (χ0v) is 14.6. The molecule has 0 aromatic carbocycles. The van der Waals surface area contributed by atoms with Crippen molar-refractivity contribution < 1.29 is 12.6 Å². The minimum Gasteiger partial charge on any atom is -0.258 e. The number of hydrogen-bond donors (Lipinski definition) is 1. The zero-order valence-electron chi connectivity index (χ0n) is 10.9. The Bertz CT molecular complexity index is 447. The van der Waals surface area contributed by atoms with Crippen LogP contribution in [-0.2, 0) is 14.5 Å². The lowest BCUT2D eigenvalue weighted by Crippen LogP contribution is -2.62. The Morgan fingerprint density at radius 3 is 2.37 bits per heavy atom. The maximum atomic E-state index is 11.5. The summed E-state index contributed by atoms with van der Waals surface area (Å²) in [4.78, 5) is -0.255. The van der Waals surface area contributed by atoms with Crippen molar-refractivity contribution in [2.75, 3.05) is 13.7 Å². The van der Waals surface area contributed by atoms with Crippen LogP contribution in [0.2, 0.25) is 0 Å². The molecule has 3 atom stereocenters. The van der Waals surface area contributed by atoms with Crippen LogP contribution in [0.25, 0.3) is 0 Å². The van der Waals surface area contributed by atoms with E-state index in [2.05, 4.69) is 27.3 Å². The highest BCUT2D eigenvalue weighted by molar-refractivity contribution is 14.1. The van der Waals surface area contributed by atoms with Crippen LogP contribution in [-0.4, -0.2) is 30.4 Å². The fourth-order valence-corrected chi connectivity index (χ4v) is 7.93. The number of nitrogens with one attached hydrogen (secondary N) is 1. The van der Waals surface area contributed by atoms with Gasteiger partial charge in [-0.15, -0.1) is 11.6 Å². The molecule has 0 aromatic rings. The van der Waals surface area contributed by atoms with Gasteiger partial charge >= 0.3 is 10.3 Å². The summed E-state index contributed by atoms with van der Waals surface area (Å²) in [6.07, 6.45) is 5.66. The zero-order chi connectivity index (χ0) is 13.9. The first kappa shape index (κ1) is 14.8. The van der Waals surface area contributed by atoms with Crippen molar-refractivity contribution in [3.05, 3.63) is 0 Å². The van der Waals surface area contributed by atoms with Gasteiger partial charge in [-0.3, -0.25) is 4.18 Å². The molecule has 4 saturated carbocycles. The first-order valence-electron chi connectivity index (χ1n) is 6.72. The third-order valence-electron chi connectivity index (χ3n) is 5.07. The Hall–Kier alpha value is 0.890. The lowest BCUT2D eigenvalue weighted by molar-refractivity contribution is -0.00953. The van der Waals surface area contributed by atoms with Crippen molar-refractivity contribution in [1.29, 1.82) is 0 Å². The molecule has 0 aliphatic heterocycles. The third-order valence-corrected chi connectivity index (χ3v) is 8.22. The summed E-state index contributed by atoms with van der Waals surface area (Å²) in [5.41, 5.74) is 0. The SMILES string of the molecule is CNS(=O)(=O)OCC1C2(Cl)CC3CC(C2)CC1(I)C3. The van der Waals surface area contributed by atoms with Crippen LogP contribution in [0, 0.1) is 17.8 Å². The summed E-state index contributed by atoms with van der Waals surface area (Å²) in [5, 5.41) is 0. The fraction of sp³-hybridized carbons (Fsp3) is 1.00. The normalized spacial score (nSPS) is 48.7. The van der Waals surface area contributed by atoms with Gasteiger partial charge in [-0.2, -0.15) is 13.1 Å². The number of rotatable bonds is 4. The molecule has 0 heterocycles. The summed E-state index contributed by atoms with van der Waals surface area (Å²) in [7, 11) is -2.25. The highest BCUT2D eigenvalue weighted by Gasteiger charge is 2.62. The van der Waals surface area contributed by atoms with Gasteiger partial charge in [0.15, 0.2) is 0 Å². The van der Waals surface area contributed by atoms with Gasteiger partial charge in [0.05, 0.1) is 11.5 Å². The number of alkyl halides is 2. The van der Waals surface area contributed by atoms with Crippen LogP contribution in [0.3, 0.4) is 0 Å². The van der Waals surface area contributed by atoms with Crippen LogP contribution >= 0.6 is 34.2 Å². The molecule has 0 radical (unpaired) electrons. The second kappa shape index (κ2) is 4.69. The molecule has 4 bridgehead atoms. The topological polar surface area (TPSA) is 55.4 Å². The van der Waals surface area contributed by atoms with Gasteiger partial charge in [-0.1, -0.05) is 22.6 Å². The Labute approximate surface area is 133 Å². The molecule has 0 aromatic heterocycles. The van der Waals surface area contributed by atoms with Gasteiger partial charge in [-0.25, -0.2) is 0 Å². The molecule has 19 heavy (non-hydrogen) atoms. The third kappa shape index (κ3) is 2.56. The standard InChI is InChI=1S/C12H19ClINO3S/c1-15-19(16,17)18-7-10-11(13)3-8-2-9(4-11)6-12(10,14)5-8/h8-10,15H,2-7H2,1H3. The largest absolute Gasteiger partial charge is 0.335 e. The first-order chi connectivity index (χ1) is 8.76. The van der Waals surface area contributed by atoms with E-state index >= 15 is 0 Å². The highest BCUT2D eigenvalue weighted by Crippen LogP contribution is 2.65. The average molecular weight is 420 g/mol. The van der Waals surface area contributed by atoms with Crippen molar-refractivity contribution in [2.24, 2.45) is 17.8 Å². The summed E-state index contributed by atoms with van der Waals surface area (Å²) >= 11 is 9.38. The molecule has 4 nitrogen and oxygen atoms in total. The van der Waals surface area contributed by atoms with E-state index in [-0.39, 0.29) is 20.8 Å². The highest BCUT2D eigenvalue weighted by atomic mass is 127. The molecule has 0 spiro atoms. The molecule has 3 unspecified atom stereocenters. The first-order valence-corrected chi connectivity index (χ1v) is 9.59. The summed E-state index contributed by atoms with van der Waals surface area (Å²) in [5.74, 6) is 1.57. The molecule has 0 amide bonds. The Balaban J connectivity index is 1.81. The fourth-order valence-electron chi connectivity index (χ4n) is 4.58. The lowest BCUT2D eigenvalue weighted by Gasteiger charge is -2.62. The molecule has 4 aliphatic carbocycles. The van der Waals surface area contributed by atoms with Crippen LogP contribution in [0.15, 0.2) is 0 Å². The van der Waals surface area contributed by atoms with E-state index in [1.165, 1.54) is 13.5 Å². The van der Waals surface area contributed by atoms with Crippen LogP contribution in [0.4, 0.5) is 0 Å².